The molecule has 0 aliphatic carbocycles. The number of nitrogens with one attached hydrogen (secondary N) is 1. The van der Waals surface area contributed by atoms with Crippen LogP contribution in [-0.4, -0.2) is 34.2 Å². The minimum absolute atomic E-state index is 0.0820. The number of hydrogen-bond donors (Lipinski definition) is 1. The van der Waals surface area contributed by atoms with E-state index in [0.29, 0.717) is 30.9 Å². The number of hydrazone groups is 1. The Morgan fingerprint density at radius 3 is 2.45 bits per heavy atom. The third-order valence-electron chi connectivity index (χ3n) is 6.00. The second-order valence-corrected chi connectivity index (χ2v) is 12.1. The van der Waals surface area contributed by atoms with E-state index in [1.165, 1.54) is 43.7 Å². The minimum Gasteiger partial charge on any atom is -0.493 e. The molecule has 12 heteroatoms. The van der Waals surface area contributed by atoms with Crippen LogP contribution in [0.5, 0.6) is 11.5 Å². The predicted octanol–water partition coefficient (Wildman–Crippen LogP) is 6.48. The molecule has 0 aliphatic heterocycles. The Morgan fingerprint density at radius 2 is 1.76 bits per heavy atom. The van der Waals surface area contributed by atoms with Gasteiger partial charge in [0.15, 0.2) is 11.5 Å². The third kappa shape index (κ3) is 7.47. The van der Waals surface area contributed by atoms with Gasteiger partial charge in [0.1, 0.15) is 19.0 Å². The number of aryl methyl sites for hydroxylation is 1. The van der Waals surface area contributed by atoms with Crippen molar-refractivity contribution >= 4 is 55.4 Å². The molecule has 218 valence electrons. The van der Waals surface area contributed by atoms with Crippen LogP contribution in [-0.2, 0) is 21.4 Å². The SMILES string of the molecule is COc1cc(C=NNC(=O)CN(c2ccccc2F)S(=O)(=O)c2ccc(C)cc2)cc(Br)c1OCc1ccccc1Cl. The van der Waals surface area contributed by atoms with Crippen LogP contribution in [0.15, 0.2) is 99.4 Å². The maximum Gasteiger partial charge on any atom is 0.264 e. The van der Waals surface area contributed by atoms with Crippen molar-refractivity contribution in [3.8, 4) is 11.5 Å². The highest BCUT2D eigenvalue weighted by Gasteiger charge is 2.29. The highest BCUT2D eigenvalue weighted by atomic mass is 79.9. The molecule has 0 radical (unpaired) electrons. The van der Waals surface area contributed by atoms with Gasteiger partial charge in [-0.2, -0.15) is 5.10 Å². The van der Waals surface area contributed by atoms with Crippen LogP contribution in [0.4, 0.5) is 10.1 Å². The normalized spacial score (nSPS) is 11.4. The molecule has 0 atom stereocenters. The molecular formula is C30H26BrClFN3O5S. The maximum atomic E-state index is 14.7. The minimum atomic E-state index is -4.28. The van der Waals surface area contributed by atoms with E-state index in [0.717, 1.165) is 17.2 Å². The first kappa shape index (κ1) is 31.0. The van der Waals surface area contributed by atoms with Gasteiger partial charge in [-0.15, -0.1) is 0 Å². The molecule has 0 saturated carbocycles. The lowest BCUT2D eigenvalue weighted by molar-refractivity contribution is -0.119. The molecule has 0 unspecified atom stereocenters. The zero-order valence-corrected chi connectivity index (χ0v) is 25.7. The average molecular weight is 675 g/mol. The van der Waals surface area contributed by atoms with E-state index in [1.807, 2.05) is 25.1 Å². The van der Waals surface area contributed by atoms with Gasteiger partial charge in [0.05, 0.1) is 28.4 Å². The quantitative estimate of drug-likeness (QED) is 0.145. The highest BCUT2D eigenvalue weighted by Crippen LogP contribution is 2.37. The Balaban J connectivity index is 1.50. The molecule has 0 spiro atoms. The molecule has 0 aliphatic rings. The van der Waals surface area contributed by atoms with Crippen molar-refractivity contribution in [1.82, 2.24) is 5.43 Å². The van der Waals surface area contributed by atoms with Crippen molar-refractivity contribution in [2.75, 3.05) is 18.0 Å². The average Bonchev–Trinajstić information content (AvgIpc) is 2.96. The van der Waals surface area contributed by atoms with Crippen molar-refractivity contribution in [2.24, 2.45) is 5.10 Å². The summed E-state index contributed by atoms with van der Waals surface area (Å²) in [7, 11) is -2.79. The monoisotopic (exact) mass is 673 g/mol. The molecule has 42 heavy (non-hydrogen) atoms. The molecule has 4 aromatic carbocycles. The van der Waals surface area contributed by atoms with Gasteiger partial charge >= 0.3 is 0 Å². The van der Waals surface area contributed by atoms with Gasteiger partial charge in [0, 0.05) is 10.6 Å². The summed E-state index contributed by atoms with van der Waals surface area (Å²) in [6.45, 7) is 1.31. The fraction of sp³-hybridized carbons (Fsp3) is 0.133. The molecule has 0 aromatic heterocycles. The Kier molecular flexibility index (Phi) is 10.2. The van der Waals surface area contributed by atoms with Crippen molar-refractivity contribution in [1.29, 1.82) is 0 Å². The van der Waals surface area contributed by atoms with E-state index in [4.69, 9.17) is 21.1 Å². The van der Waals surface area contributed by atoms with Gasteiger partial charge in [0.2, 0.25) is 0 Å². The van der Waals surface area contributed by atoms with E-state index in [1.54, 1.807) is 30.3 Å². The zero-order chi connectivity index (χ0) is 30.3. The number of para-hydroxylation sites is 1. The Labute approximate surface area is 256 Å². The number of methoxy groups -OCH3 is 1. The van der Waals surface area contributed by atoms with Crippen LogP contribution in [0.1, 0.15) is 16.7 Å². The highest BCUT2D eigenvalue weighted by molar-refractivity contribution is 9.10. The summed E-state index contributed by atoms with van der Waals surface area (Å²) in [6.07, 6.45) is 1.35. The summed E-state index contributed by atoms with van der Waals surface area (Å²) in [4.78, 5) is 12.8. The van der Waals surface area contributed by atoms with Crippen LogP contribution in [0.2, 0.25) is 5.02 Å². The fourth-order valence-corrected chi connectivity index (χ4v) is 6.05. The number of carbonyl (C=O) groups is 1. The number of sulfonamides is 1. The number of carbonyl (C=O) groups excluding carboxylic acids is 1. The number of halogens is 3. The molecule has 4 rings (SSSR count). The number of nitrogens with zero attached hydrogens (tertiary/aromatic N) is 2. The molecule has 0 heterocycles. The predicted molar refractivity (Wildman–Crippen MR) is 164 cm³/mol. The topological polar surface area (TPSA) is 97.3 Å². The molecule has 4 aromatic rings. The van der Waals surface area contributed by atoms with E-state index >= 15 is 0 Å². The number of rotatable bonds is 11. The number of amides is 1. The first-order valence-corrected chi connectivity index (χ1v) is 15.1. The second-order valence-electron chi connectivity index (χ2n) is 8.98. The van der Waals surface area contributed by atoms with Crippen molar-refractivity contribution < 1.29 is 27.1 Å². The summed E-state index contributed by atoms with van der Waals surface area (Å²) < 4.78 is 54.2. The van der Waals surface area contributed by atoms with E-state index in [9.17, 15) is 17.6 Å². The van der Waals surface area contributed by atoms with Crippen LogP contribution in [0, 0.1) is 12.7 Å². The maximum absolute atomic E-state index is 14.7. The largest absolute Gasteiger partial charge is 0.493 e. The third-order valence-corrected chi connectivity index (χ3v) is 8.73. The van der Waals surface area contributed by atoms with Gasteiger partial charge in [0.25, 0.3) is 15.9 Å². The summed E-state index contributed by atoms with van der Waals surface area (Å²) >= 11 is 9.69. The lowest BCUT2D eigenvalue weighted by atomic mass is 10.2. The molecular weight excluding hydrogens is 649 g/mol. The number of ether oxygens (including phenoxy) is 2. The first-order valence-electron chi connectivity index (χ1n) is 12.5. The summed E-state index contributed by atoms with van der Waals surface area (Å²) in [5.41, 5.74) is 4.24. The molecule has 1 amide bonds. The zero-order valence-electron chi connectivity index (χ0n) is 22.6. The summed E-state index contributed by atoms with van der Waals surface area (Å²) in [5, 5.41) is 4.53. The number of hydrogen-bond acceptors (Lipinski definition) is 6. The molecule has 0 fully saturated rings. The van der Waals surface area contributed by atoms with Crippen LogP contribution in [0.3, 0.4) is 0 Å². The van der Waals surface area contributed by atoms with E-state index < -0.39 is 28.3 Å². The van der Waals surface area contributed by atoms with Gasteiger partial charge in [-0.1, -0.05) is 59.6 Å². The van der Waals surface area contributed by atoms with Gasteiger partial charge in [-0.25, -0.2) is 18.2 Å². The molecule has 0 bridgehead atoms. The lowest BCUT2D eigenvalue weighted by Gasteiger charge is -2.24. The fourth-order valence-electron chi connectivity index (χ4n) is 3.86. The first-order chi connectivity index (χ1) is 20.1. The van der Waals surface area contributed by atoms with Gasteiger partial charge in [-0.3, -0.25) is 9.10 Å². The smallest absolute Gasteiger partial charge is 0.264 e. The van der Waals surface area contributed by atoms with Crippen LogP contribution < -0.4 is 19.2 Å². The van der Waals surface area contributed by atoms with Crippen LogP contribution >= 0.6 is 27.5 Å². The van der Waals surface area contributed by atoms with Crippen molar-refractivity contribution in [3.05, 3.63) is 117 Å². The number of benzene rings is 4. The Morgan fingerprint density at radius 1 is 1.07 bits per heavy atom. The standard InChI is InChI=1S/C30H26BrClFN3O5S/c1-20-11-13-23(14-12-20)42(38,39)36(27-10-6-5-9-26(27)33)18-29(37)35-34-17-21-15-24(31)30(28(16-21)40-2)41-19-22-7-3-4-8-25(22)32/h3-17H,18-19H2,1-2H3,(H,35,37). The summed E-state index contributed by atoms with van der Waals surface area (Å²) in [6, 6.07) is 22.0. The van der Waals surface area contributed by atoms with Crippen molar-refractivity contribution in [2.45, 2.75) is 18.4 Å². The molecule has 0 saturated heterocycles. The van der Waals surface area contributed by atoms with Gasteiger partial charge in [-0.05, 0) is 70.9 Å². The Bertz CT molecular complexity index is 1720. The van der Waals surface area contributed by atoms with Crippen LogP contribution in [0.25, 0.3) is 0 Å². The Hall–Kier alpha value is -3.93. The molecule has 1 N–H and O–H groups in total. The molecule has 8 nitrogen and oxygen atoms in total. The lowest BCUT2D eigenvalue weighted by Crippen LogP contribution is -2.40. The van der Waals surface area contributed by atoms with Crippen molar-refractivity contribution in [3.63, 3.8) is 0 Å². The van der Waals surface area contributed by atoms with Gasteiger partial charge < -0.3 is 9.47 Å². The van der Waals surface area contributed by atoms with E-state index in [-0.39, 0.29) is 17.2 Å². The second kappa shape index (κ2) is 13.8. The summed E-state index contributed by atoms with van der Waals surface area (Å²) in [5.74, 6) is -0.728. The van der Waals surface area contributed by atoms with E-state index in [2.05, 4.69) is 26.5 Å². The number of anilines is 1.